The van der Waals surface area contributed by atoms with Crippen LogP contribution in [0.1, 0.15) is 16.2 Å². The van der Waals surface area contributed by atoms with E-state index in [4.69, 9.17) is 16.3 Å². The molecule has 0 bridgehead atoms. The van der Waals surface area contributed by atoms with E-state index in [0.29, 0.717) is 27.9 Å². The largest absolute Gasteiger partial charge is 0.454 e. The minimum absolute atomic E-state index is 0.141. The fourth-order valence-electron chi connectivity index (χ4n) is 1.87. The molecule has 0 aromatic carbocycles. The van der Waals surface area contributed by atoms with Crippen molar-refractivity contribution < 1.29 is 9.53 Å². The topological polar surface area (TPSA) is 77.9 Å². The van der Waals surface area contributed by atoms with Gasteiger partial charge >= 0.3 is 0 Å². The van der Waals surface area contributed by atoms with E-state index in [1.807, 2.05) is 0 Å². The molecule has 0 aliphatic rings. The predicted octanol–water partition coefficient (Wildman–Crippen LogP) is 3.14. The van der Waals surface area contributed by atoms with Crippen LogP contribution in [0, 0.1) is 0 Å². The molecule has 3 aromatic heterocycles. The van der Waals surface area contributed by atoms with E-state index in [2.05, 4.69) is 19.9 Å². The van der Waals surface area contributed by atoms with Gasteiger partial charge in [0.05, 0.1) is 23.8 Å². The van der Waals surface area contributed by atoms with Crippen LogP contribution in [0.15, 0.2) is 55.4 Å². The molecule has 0 amide bonds. The SMILES string of the molecule is O=C(Cc1ccc(Cl)cn1)c1cc(Oc2cncnc2)ccn1. The van der Waals surface area contributed by atoms with E-state index in [0.717, 1.165) is 0 Å². The third-order valence-corrected chi connectivity index (χ3v) is 3.14. The van der Waals surface area contributed by atoms with Crippen molar-refractivity contribution in [3.05, 3.63) is 71.8 Å². The Morgan fingerprint density at radius 2 is 1.87 bits per heavy atom. The van der Waals surface area contributed by atoms with E-state index < -0.39 is 0 Å². The number of hydrogen-bond donors (Lipinski definition) is 0. The minimum Gasteiger partial charge on any atom is -0.454 e. The maximum Gasteiger partial charge on any atom is 0.187 e. The summed E-state index contributed by atoms with van der Waals surface area (Å²) in [5.41, 5.74) is 0.931. The lowest BCUT2D eigenvalue weighted by Gasteiger charge is -2.06. The van der Waals surface area contributed by atoms with Crippen LogP contribution in [-0.2, 0) is 6.42 Å². The molecule has 0 N–H and O–H groups in total. The third kappa shape index (κ3) is 4.08. The van der Waals surface area contributed by atoms with Gasteiger partial charge in [-0.15, -0.1) is 0 Å². The highest BCUT2D eigenvalue weighted by molar-refractivity contribution is 6.30. The van der Waals surface area contributed by atoms with Gasteiger partial charge in [0, 0.05) is 24.2 Å². The Kier molecular flexibility index (Phi) is 4.54. The van der Waals surface area contributed by atoms with E-state index in [9.17, 15) is 4.79 Å². The molecule has 0 radical (unpaired) electrons. The molecule has 7 heteroatoms. The first-order valence-corrected chi connectivity index (χ1v) is 7.11. The van der Waals surface area contributed by atoms with E-state index >= 15 is 0 Å². The van der Waals surface area contributed by atoms with Gasteiger partial charge < -0.3 is 4.74 Å². The zero-order chi connectivity index (χ0) is 16.1. The van der Waals surface area contributed by atoms with Crippen molar-refractivity contribution in [2.45, 2.75) is 6.42 Å². The number of carbonyl (C=O) groups is 1. The second-order valence-corrected chi connectivity index (χ2v) is 5.06. The number of rotatable bonds is 5. The molecule has 0 fully saturated rings. The Morgan fingerprint density at radius 1 is 1.04 bits per heavy atom. The Hall–Kier alpha value is -2.86. The highest BCUT2D eigenvalue weighted by Crippen LogP contribution is 2.20. The van der Waals surface area contributed by atoms with Crippen LogP contribution in [0.4, 0.5) is 0 Å². The van der Waals surface area contributed by atoms with Crippen LogP contribution >= 0.6 is 11.6 Å². The normalized spacial score (nSPS) is 10.3. The first-order chi connectivity index (χ1) is 11.2. The van der Waals surface area contributed by atoms with Crippen LogP contribution in [0.3, 0.4) is 0 Å². The highest BCUT2D eigenvalue weighted by Gasteiger charge is 2.11. The van der Waals surface area contributed by atoms with Gasteiger partial charge in [0.25, 0.3) is 0 Å². The van der Waals surface area contributed by atoms with Crippen molar-refractivity contribution in [3.63, 3.8) is 0 Å². The number of halogens is 1. The second kappa shape index (κ2) is 6.93. The van der Waals surface area contributed by atoms with E-state index in [-0.39, 0.29) is 12.2 Å². The fraction of sp³-hybridized carbons (Fsp3) is 0.0625. The van der Waals surface area contributed by atoms with Crippen LogP contribution in [0.2, 0.25) is 5.02 Å². The van der Waals surface area contributed by atoms with Crippen LogP contribution in [-0.4, -0.2) is 25.7 Å². The van der Waals surface area contributed by atoms with Crippen molar-refractivity contribution in [2.75, 3.05) is 0 Å². The maximum absolute atomic E-state index is 12.3. The van der Waals surface area contributed by atoms with Gasteiger partial charge in [-0.05, 0) is 18.2 Å². The summed E-state index contributed by atoms with van der Waals surface area (Å²) in [6, 6.07) is 6.64. The monoisotopic (exact) mass is 326 g/mol. The first-order valence-electron chi connectivity index (χ1n) is 6.73. The Labute approximate surface area is 137 Å². The smallest absolute Gasteiger partial charge is 0.187 e. The van der Waals surface area contributed by atoms with E-state index in [1.165, 1.54) is 31.1 Å². The number of carbonyl (C=O) groups excluding carboxylic acids is 1. The number of pyridine rings is 2. The van der Waals surface area contributed by atoms with Crippen molar-refractivity contribution in [3.8, 4) is 11.5 Å². The molecule has 0 aliphatic heterocycles. The number of hydrogen-bond acceptors (Lipinski definition) is 6. The van der Waals surface area contributed by atoms with Gasteiger partial charge in [-0.2, -0.15) is 0 Å². The van der Waals surface area contributed by atoms with Crippen molar-refractivity contribution in [1.82, 2.24) is 19.9 Å². The summed E-state index contributed by atoms with van der Waals surface area (Å²) in [5, 5.41) is 0.528. The molecule has 23 heavy (non-hydrogen) atoms. The average molecular weight is 327 g/mol. The molecule has 3 aromatic rings. The summed E-state index contributed by atoms with van der Waals surface area (Å²) in [6.45, 7) is 0. The summed E-state index contributed by atoms with van der Waals surface area (Å²) < 4.78 is 5.58. The Balaban J connectivity index is 1.73. The summed E-state index contributed by atoms with van der Waals surface area (Å²) in [4.78, 5) is 28.2. The summed E-state index contributed by atoms with van der Waals surface area (Å²) in [5.74, 6) is 0.813. The zero-order valence-corrected chi connectivity index (χ0v) is 12.6. The molecule has 0 saturated carbocycles. The molecule has 0 atom stereocenters. The lowest BCUT2D eigenvalue weighted by Crippen LogP contribution is -2.07. The Morgan fingerprint density at radius 3 is 2.61 bits per heavy atom. The molecule has 0 spiro atoms. The second-order valence-electron chi connectivity index (χ2n) is 4.62. The quantitative estimate of drug-likeness (QED) is 0.670. The fourth-order valence-corrected chi connectivity index (χ4v) is 1.98. The molecule has 0 unspecified atom stereocenters. The van der Waals surface area contributed by atoms with Crippen LogP contribution in [0.25, 0.3) is 0 Å². The number of Topliss-reactive ketones (excluding diaryl/α,β-unsaturated/α-hetero) is 1. The lowest BCUT2D eigenvalue weighted by atomic mass is 10.1. The lowest BCUT2D eigenvalue weighted by molar-refractivity contribution is 0.0987. The van der Waals surface area contributed by atoms with Crippen molar-refractivity contribution in [2.24, 2.45) is 0 Å². The minimum atomic E-state index is -0.158. The van der Waals surface area contributed by atoms with Gasteiger partial charge in [0.1, 0.15) is 17.8 Å². The number of nitrogens with zero attached hydrogens (tertiary/aromatic N) is 4. The average Bonchev–Trinajstić information content (AvgIpc) is 2.58. The number of ether oxygens (including phenoxy) is 1. The molecule has 6 nitrogen and oxygen atoms in total. The van der Waals surface area contributed by atoms with Gasteiger partial charge in [-0.1, -0.05) is 11.6 Å². The molecule has 114 valence electrons. The maximum atomic E-state index is 12.3. The van der Waals surface area contributed by atoms with Crippen molar-refractivity contribution >= 4 is 17.4 Å². The molecular formula is C16H11ClN4O2. The Bertz CT molecular complexity index is 810. The molecular weight excluding hydrogens is 316 g/mol. The summed E-state index contributed by atoms with van der Waals surface area (Å²) in [7, 11) is 0. The first kappa shape index (κ1) is 15.1. The van der Waals surface area contributed by atoms with Gasteiger partial charge in [-0.25, -0.2) is 9.97 Å². The number of aromatic nitrogens is 4. The van der Waals surface area contributed by atoms with Gasteiger partial charge in [0.2, 0.25) is 0 Å². The van der Waals surface area contributed by atoms with Crippen LogP contribution in [0.5, 0.6) is 11.5 Å². The van der Waals surface area contributed by atoms with Crippen LogP contribution < -0.4 is 4.74 Å². The van der Waals surface area contributed by atoms with Crippen molar-refractivity contribution in [1.29, 1.82) is 0 Å². The zero-order valence-electron chi connectivity index (χ0n) is 11.9. The predicted molar refractivity (Wildman–Crippen MR) is 83.6 cm³/mol. The molecule has 3 heterocycles. The van der Waals surface area contributed by atoms with Gasteiger partial charge in [-0.3, -0.25) is 14.8 Å². The molecule has 3 rings (SSSR count). The third-order valence-electron chi connectivity index (χ3n) is 2.92. The molecule has 0 saturated heterocycles. The standard InChI is InChI=1S/C16H11ClN4O2/c17-11-1-2-12(21-7-11)5-16(22)15-6-13(3-4-20-15)23-14-8-18-10-19-9-14/h1-4,6-10H,5H2. The highest BCUT2D eigenvalue weighted by atomic mass is 35.5. The molecule has 0 aliphatic carbocycles. The number of ketones is 1. The van der Waals surface area contributed by atoms with Gasteiger partial charge in [0.15, 0.2) is 11.5 Å². The summed E-state index contributed by atoms with van der Waals surface area (Å²) >= 11 is 5.78. The summed E-state index contributed by atoms with van der Waals surface area (Å²) in [6.07, 6.45) is 7.64. The van der Waals surface area contributed by atoms with E-state index in [1.54, 1.807) is 24.3 Å².